The van der Waals surface area contributed by atoms with E-state index in [1.165, 1.54) is 0 Å². The molecule has 0 aliphatic heterocycles. The lowest BCUT2D eigenvalue weighted by Crippen LogP contribution is -2.14. The van der Waals surface area contributed by atoms with Gasteiger partial charge in [-0.25, -0.2) is 9.78 Å². The Bertz CT molecular complexity index is 421. The summed E-state index contributed by atoms with van der Waals surface area (Å²) in [4.78, 5) is 13.9. The molecule has 0 fully saturated rings. The normalized spacial score (nSPS) is 11.5. The van der Waals surface area contributed by atoms with Gasteiger partial charge in [0.15, 0.2) is 0 Å². The number of aromatic nitrogens is 1. The summed E-state index contributed by atoms with van der Waals surface area (Å²) in [5.41, 5.74) is -2.38. The smallest absolute Gasteiger partial charge is 0.418 e. The number of carbonyl (C=O) groups is 1. The SMILES string of the molecule is O=C(O)c1c(C(F)(F)F)cnc(Br)c1Cl. The largest absolute Gasteiger partial charge is 0.478 e. The first-order chi connectivity index (χ1) is 6.75. The number of carboxylic acids is 1. The maximum Gasteiger partial charge on any atom is 0.418 e. The number of nitrogens with zero attached hydrogens (tertiary/aromatic N) is 1. The lowest BCUT2D eigenvalue weighted by Gasteiger charge is -2.11. The summed E-state index contributed by atoms with van der Waals surface area (Å²) in [7, 11) is 0. The van der Waals surface area contributed by atoms with Crippen LogP contribution < -0.4 is 0 Å². The van der Waals surface area contributed by atoms with Gasteiger partial charge >= 0.3 is 12.1 Å². The van der Waals surface area contributed by atoms with Crippen molar-refractivity contribution < 1.29 is 23.1 Å². The molecular formula is C7H2BrClF3NO2. The molecule has 0 radical (unpaired) electrons. The number of alkyl halides is 3. The van der Waals surface area contributed by atoms with E-state index in [9.17, 15) is 18.0 Å². The Morgan fingerprint density at radius 1 is 1.53 bits per heavy atom. The van der Waals surface area contributed by atoms with Gasteiger partial charge in [0.2, 0.25) is 0 Å². The highest BCUT2D eigenvalue weighted by Crippen LogP contribution is 2.36. The van der Waals surface area contributed by atoms with E-state index in [1.807, 2.05) is 0 Å². The van der Waals surface area contributed by atoms with Crippen molar-refractivity contribution in [3.8, 4) is 0 Å². The summed E-state index contributed by atoms with van der Waals surface area (Å²) >= 11 is 8.15. The molecule has 0 aliphatic rings. The standard InChI is InChI=1S/C7H2BrClF3NO2/c8-5-4(9)3(6(14)15)2(1-13-5)7(10,11)12/h1H,(H,14,15). The molecule has 0 aromatic carbocycles. The van der Waals surface area contributed by atoms with Crippen molar-refractivity contribution in [2.24, 2.45) is 0 Å². The van der Waals surface area contributed by atoms with Gasteiger partial charge in [-0.15, -0.1) is 0 Å². The minimum atomic E-state index is -4.80. The van der Waals surface area contributed by atoms with Crippen LogP contribution in [-0.2, 0) is 6.18 Å². The first-order valence-corrected chi connectivity index (χ1v) is 4.56. The summed E-state index contributed by atoms with van der Waals surface area (Å²) in [6, 6.07) is 0. The Labute approximate surface area is 95.0 Å². The molecule has 1 N–H and O–H groups in total. The molecule has 1 rings (SSSR count). The zero-order chi connectivity index (χ0) is 11.8. The minimum Gasteiger partial charge on any atom is -0.478 e. The maximum absolute atomic E-state index is 12.3. The van der Waals surface area contributed by atoms with Gasteiger partial charge in [-0.1, -0.05) is 11.6 Å². The molecule has 3 nitrogen and oxygen atoms in total. The zero-order valence-electron chi connectivity index (χ0n) is 6.77. The summed E-state index contributed by atoms with van der Waals surface area (Å²) < 4.78 is 36.9. The van der Waals surface area contributed by atoms with Crippen LogP contribution in [0.25, 0.3) is 0 Å². The van der Waals surface area contributed by atoms with Crippen LogP contribution in [0.15, 0.2) is 10.8 Å². The van der Waals surface area contributed by atoms with Crippen molar-refractivity contribution >= 4 is 33.5 Å². The molecule has 0 atom stereocenters. The number of carboxylic acid groups (broad SMARTS) is 1. The van der Waals surface area contributed by atoms with Crippen LogP contribution in [0.4, 0.5) is 13.2 Å². The van der Waals surface area contributed by atoms with Crippen LogP contribution in [0.3, 0.4) is 0 Å². The van der Waals surface area contributed by atoms with Crippen molar-refractivity contribution in [3.63, 3.8) is 0 Å². The van der Waals surface area contributed by atoms with Crippen LogP contribution in [0, 0.1) is 0 Å². The number of hydrogen-bond acceptors (Lipinski definition) is 2. The van der Waals surface area contributed by atoms with Gasteiger partial charge in [0, 0.05) is 6.20 Å². The van der Waals surface area contributed by atoms with Gasteiger partial charge in [-0.3, -0.25) is 0 Å². The lowest BCUT2D eigenvalue weighted by molar-refractivity contribution is -0.138. The van der Waals surface area contributed by atoms with Gasteiger partial charge in [0.25, 0.3) is 0 Å². The monoisotopic (exact) mass is 303 g/mol. The van der Waals surface area contributed by atoms with Crippen molar-refractivity contribution in [1.29, 1.82) is 0 Å². The molecule has 0 saturated heterocycles. The molecule has 15 heavy (non-hydrogen) atoms. The van der Waals surface area contributed by atoms with Crippen LogP contribution in [0.1, 0.15) is 15.9 Å². The molecule has 0 saturated carbocycles. The molecule has 0 unspecified atom stereocenters. The second-order valence-corrected chi connectivity index (χ2v) is 3.58. The average molecular weight is 304 g/mol. The molecule has 8 heteroatoms. The summed E-state index contributed by atoms with van der Waals surface area (Å²) in [5, 5.41) is 8.03. The molecule has 1 heterocycles. The van der Waals surface area contributed by atoms with E-state index in [-0.39, 0.29) is 4.60 Å². The molecule has 0 spiro atoms. The third-order valence-electron chi connectivity index (χ3n) is 1.50. The summed E-state index contributed by atoms with van der Waals surface area (Å²) in [5.74, 6) is -1.75. The van der Waals surface area contributed by atoms with Crippen LogP contribution >= 0.6 is 27.5 Å². The fourth-order valence-corrected chi connectivity index (χ4v) is 1.42. The summed E-state index contributed by atoms with van der Waals surface area (Å²) in [6.45, 7) is 0. The number of hydrogen-bond donors (Lipinski definition) is 1. The quantitative estimate of drug-likeness (QED) is 0.811. The molecular weight excluding hydrogens is 302 g/mol. The zero-order valence-corrected chi connectivity index (χ0v) is 9.11. The number of halogens is 5. The molecule has 82 valence electrons. The molecule has 0 amide bonds. The third-order valence-corrected chi connectivity index (χ3v) is 2.69. The average Bonchev–Trinajstić information content (AvgIpc) is 2.06. The number of pyridine rings is 1. The van der Waals surface area contributed by atoms with Gasteiger partial charge in [0.05, 0.1) is 16.1 Å². The second-order valence-electron chi connectivity index (χ2n) is 2.45. The highest BCUT2D eigenvalue weighted by atomic mass is 79.9. The maximum atomic E-state index is 12.3. The number of aromatic carboxylic acids is 1. The van der Waals surface area contributed by atoms with E-state index in [2.05, 4.69) is 20.9 Å². The highest BCUT2D eigenvalue weighted by molar-refractivity contribution is 9.10. The minimum absolute atomic E-state index is 0.144. The molecule has 1 aromatic heterocycles. The highest BCUT2D eigenvalue weighted by Gasteiger charge is 2.37. The van der Waals surface area contributed by atoms with Crippen molar-refractivity contribution in [2.75, 3.05) is 0 Å². The predicted octanol–water partition coefficient (Wildman–Crippen LogP) is 3.21. The lowest BCUT2D eigenvalue weighted by atomic mass is 10.1. The van der Waals surface area contributed by atoms with Crippen LogP contribution in [-0.4, -0.2) is 16.1 Å². The predicted molar refractivity (Wildman–Crippen MR) is 48.9 cm³/mol. The van der Waals surface area contributed by atoms with E-state index in [0.717, 1.165) is 0 Å². The van der Waals surface area contributed by atoms with Crippen molar-refractivity contribution in [3.05, 3.63) is 26.9 Å². The Kier molecular flexibility index (Phi) is 3.25. The Balaban J connectivity index is 3.55. The van der Waals surface area contributed by atoms with Crippen LogP contribution in [0.2, 0.25) is 5.02 Å². The van der Waals surface area contributed by atoms with Gasteiger partial charge < -0.3 is 5.11 Å². The Hall–Kier alpha value is -0.820. The van der Waals surface area contributed by atoms with E-state index < -0.39 is 28.3 Å². The third kappa shape index (κ3) is 2.40. The molecule has 0 bridgehead atoms. The van der Waals surface area contributed by atoms with Crippen molar-refractivity contribution in [2.45, 2.75) is 6.18 Å². The van der Waals surface area contributed by atoms with Gasteiger partial charge in [0.1, 0.15) is 4.60 Å². The topological polar surface area (TPSA) is 50.2 Å². The van der Waals surface area contributed by atoms with E-state index in [0.29, 0.717) is 6.20 Å². The fourth-order valence-electron chi connectivity index (χ4n) is 0.888. The summed E-state index contributed by atoms with van der Waals surface area (Å²) in [6.07, 6.45) is -4.38. The van der Waals surface area contributed by atoms with Gasteiger partial charge in [-0.05, 0) is 15.9 Å². The Morgan fingerprint density at radius 3 is 2.47 bits per heavy atom. The molecule has 1 aromatic rings. The van der Waals surface area contributed by atoms with Gasteiger partial charge in [-0.2, -0.15) is 13.2 Å². The van der Waals surface area contributed by atoms with E-state index in [4.69, 9.17) is 16.7 Å². The van der Waals surface area contributed by atoms with Crippen molar-refractivity contribution in [1.82, 2.24) is 4.98 Å². The Morgan fingerprint density at radius 2 is 2.07 bits per heavy atom. The van der Waals surface area contributed by atoms with Crippen LogP contribution in [0.5, 0.6) is 0 Å². The fraction of sp³-hybridized carbons (Fsp3) is 0.143. The first kappa shape index (κ1) is 12.3. The first-order valence-electron chi connectivity index (χ1n) is 3.39. The molecule has 0 aliphatic carbocycles. The van der Waals surface area contributed by atoms with E-state index >= 15 is 0 Å². The number of rotatable bonds is 1. The van der Waals surface area contributed by atoms with E-state index in [1.54, 1.807) is 0 Å². The second kappa shape index (κ2) is 3.97.